The first-order chi connectivity index (χ1) is 14.1. The zero-order valence-corrected chi connectivity index (χ0v) is 16.6. The van der Waals surface area contributed by atoms with E-state index < -0.39 is 40.3 Å². The van der Waals surface area contributed by atoms with Gasteiger partial charge in [-0.3, -0.25) is 9.10 Å². The molecule has 3 aromatic rings. The summed E-state index contributed by atoms with van der Waals surface area (Å²) in [6, 6.07) is 14.0. The molecule has 0 spiro atoms. The number of carbonyl (C=O) groups excluding carboxylic acids is 1. The number of nitrogens with zero attached hydrogens (tertiary/aromatic N) is 1. The molecule has 0 saturated carbocycles. The average Bonchev–Trinajstić information content (AvgIpc) is 2.91. The Morgan fingerprint density at radius 1 is 1.07 bits per heavy atom. The number of hydrogen-bond donors (Lipinski definition) is 1. The van der Waals surface area contributed by atoms with Crippen LogP contribution >= 0.6 is 0 Å². The predicted molar refractivity (Wildman–Crippen MR) is 106 cm³/mol. The summed E-state index contributed by atoms with van der Waals surface area (Å²) in [5.74, 6) is -0.617. The van der Waals surface area contributed by atoms with E-state index in [4.69, 9.17) is 0 Å². The van der Waals surface area contributed by atoms with Crippen LogP contribution in [0.5, 0.6) is 0 Å². The van der Waals surface area contributed by atoms with Gasteiger partial charge in [0.25, 0.3) is 10.0 Å². The van der Waals surface area contributed by atoms with Crippen LogP contribution in [0, 0.1) is 0 Å². The van der Waals surface area contributed by atoms with Gasteiger partial charge in [0, 0.05) is 5.39 Å². The van der Waals surface area contributed by atoms with Crippen LogP contribution in [0.1, 0.15) is 24.1 Å². The third kappa shape index (κ3) is 3.39. The molecule has 1 amide bonds. The standard InChI is InChI=1S/C21H17F3N2O3S/c1-13(15-7-2-8-16(11-15)21(22,23)24)25-19(27)12-26-17-9-3-5-14-6-4-10-18(20(14)17)30(26,28)29/h2-11,13H,12H2,1H3,(H,25,27). The summed E-state index contributed by atoms with van der Waals surface area (Å²) < 4.78 is 65.7. The van der Waals surface area contributed by atoms with E-state index >= 15 is 0 Å². The number of amides is 1. The summed E-state index contributed by atoms with van der Waals surface area (Å²) in [4.78, 5) is 12.7. The molecular formula is C21H17F3N2O3S. The monoisotopic (exact) mass is 434 g/mol. The molecule has 30 heavy (non-hydrogen) atoms. The summed E-state index contributed by atoms with van der Waals surface area (Å²) in [6.07, 6.45) is -4.49. The van der Waals surface area contributed by atoms with Crippen LogP contribution in [0.25, 0.3) is 10.8 Å². The van der Waals surface area contributed by atoms with E-state index in [0.29, 0.717) is 11.1 Å². The van der Waals surface area contributed by atoms with E-state index in [9.17, 15) is 26.4 Å². The number of hydrogen-bond acceptors (Lipinski definition) is 3. The van der Waals surface area contributed by atoms with Crippen molar-refractivity contribution in [2.45, 2.75) is 24.0 Å². The van der Waals surface area contributed by atoms with Gasteiger partial charge in [-0.1, -0.05) is 36.4 Å². The van der Waals surface area contributed by atoms with Gasteiger partial charge in [0.2, 0.25) is 5.91 Å². The highest BCUT2D eigenvalue weighted by Crippen LogP contribution is 2.41. The fourth-order valence-electron chi connectivity index (χ4n) is 3.61. The molecule has 1 atom stereocenters. The molecule has 1 heterocycles. The molecule has 1 N–H and O–H groups in total. The third-order valence-electron chi connectivity index (χ3n) is 5.06. The molecule has 1 unspecified atom stereocenters. The van der Waals surface area contributed by atoms with Crippen molar-refractivity contribution in [2.75, 3.05) is 10.8 Å². The Balaban J connectivity index is 1.56. The van der Waals surface area contributed by atoms with E-state index in [1.807, 2.05) is 0 Å². The lowest BCUT2D eigenvalue weighted by molar-refractivity contribution is -0.137. The fraction of sp³-hybridized carbons (Fsp3) is 0.190. The van der Waals surface area contributed by atoms with Crippen molar-refractivity contribution in [1.29, 1.82) is 0 Å². The summed E-state index contributed by atoms with van der Waals surface area (Å²) in [5, 5.41) is 3.88. The van der Waals surface area contributed by atoms with Crippen LogP contribution in [-0.2, 0) is 21.0 Å². The van der Waals surface area contributed by atoms with Crippen molar-refractivity contribution >= 4 is 32.4 Å². The first-order valence-corrected chi connectivity index (χ1v) is 10.5. The molecule has 5 nitrogen and oxygen atoms in total. The molecule has 4 rings (SSSR count). The molecule has 9 heteroatoms. The Kier molecular flexibility index (Phi) is 4.73. The molecular weight excluding hydrogens is 417 g/mol. The smallest absolute Gasteiger partial charge is 0.348 e. The van der Waals surface area contributed by atoms with Crippen LogP contribution in [-0.4, -0.2) is 20.9 Å². The second-order valence-corrected chi connectivity index (χ2v) is 8.89. The summed E-state index contributed by atoms with van der Waals surface area (Å²) in [6.45, 7) is 1.07. The van der Waals surface area contributed by atoms with Crippen LogP contribution in [0.3, 0.4) is 0 Å². The molecule has 0 radical (unpaired) electrons. The lowest BCUT2D eigenvalue weighted by Crippen LogP contribution is -2.39. The Hall–Kier alpha value is -3.07. The molecule has 0 fully saturated rings. The number of carbonyl (C=O) groups is 1. The summed E-state index contributed by atoms with van der Waals surface area (Å²) in [7, 11) is -3.90. The zero-order chi connectivity index (χ0) is 21.7. The minimum absolute atomic E-state index is 0.134. The van der Waals surface area contributed by atoms with Gasteiger partial charge in [-0.15, -0.1) is 0 Å². The van der Waals surface area contributed by atoms with Crippen molar-refractivity contribution < 1.29 is 26.4 Å². The highest BCUT2D eigenvalue weighted by molar-refractivity contribution is 7.93. The fourth-order valence-corrected chi connectivity index (χ4v) is 5.28. The van der Waals surface area contributed by atoms with E-state index in [-0.39, 0.29) is 10.5 Å². The number of nitrogens with one attached hydrogen (secondary N) is 1. The maximum absolute atomic E-state index is 12.9. The van der Waals surface area contributed by atoms with Crippen LogP contribution in [0.2, 0.25) is 0 Å². The number of rotatable bonds is 4. The van der Waals surface area contributed by atoms with Gasteiger partial charge in [-0.05, 0) is 42.1 Å². The molecule has 156 valence electrons. The highest BCUT2D eigenvalue weighted by atomic mass is 32.2. The van der Waals surface area contributed by atoms with Crippen molar-refractivity contribution in [1.82, 2.24) is 5.32 Å². The second-order valence-electron chi connectivity index (χ2n) is 7.06. The van der Waals surface area contributed by atoms with E-state index in [1.165, 1.54) is 18.2 Å². The van der Waals surface area contributed by atoms with Gasteiger partial charge in [-0.25, -0.2) is 8.42 Å². The van der Waals surface area contributed by atoms with Gasteiger partial charge in [0.1, 0.15) is 6.54 Å². The molecule has 3 aromatic carbocycles. The number of alkyl halides is 3. The SMILES string of the molecule is CC(NC(=O)CN1c2cccc3cccc(c23)S1(=O)=O)c1cccc(C(F)(F)F)c1. The number of halogens is 3. The first-order valence-electron chi connectivity index (χ1n) is 9.10. The number of anilines is 1. The highest BCUT2D eigenvalue weighted by Gasteiger charge is 2.37. The van der Waals surface area contributed by atoms with Gasteiger partial charge in [0.15, 0.2) is 0 Å². The van der Waals surface area contributed by atoms with Gasteiger partial charge in [0.05, 0.1) is 22.2 Å². The maximum Gasteiger partial charge on any atom is 0.416 e. The zero-order valence-electron chi connectivity index (χ0n) is 15.8. The Labute approximate surface area is 171 Å². The van der Waals surface area contributed by atoms with Crippen LogP contribution in [0.4, 0.5) is 18.9 Å². The summed E-state index contributed by atoms with van der Waals surface area (Å²) >= 11 is 0. The topological polar surface area (TPSA) is 66.5 Å². The minimum Gasteiger partial charge on any atom is -0.348 e. The molecule has 0 saturated heterocycles. The number of benzene rings is 3. The second kappa shape index (κ2) is 7.02. The Bertz CT molecular complexity index is 1250. The molecule has 0 aromatic heterocycles. The lowest BCUT2D eigenvalue weighted by atomic mass is 10.0. The largest absolute Gasteiger partial charge is 0.416 e. The maximum atomic E-state index is 12.9. The van der Waals surface area contributed by atoms with Crippen molar-refractivity contribution in [3.8, 4) is 0 Å². The predicted octanol–water partition coefficient (Wildman–Crippen LogP) is 4.24. The van der Waals surface area contributed by atoms with Crippen molar-refractivity contribution in [3.63, 3.8) is 0 Å². The van der Waals surface area contributed by atoms with Crippen molar-refractivity contribution in [3.05, 3.63) is 71.8 Å². The molecule has 1 aliphatic heterocycles. The summed E-state index contributed by atoms with van der Waals surface area (Å²) in [5.41, 5.74) is -0.136. The third-order valence-corrected chi connectivity index (χ3v) is 6.86. The number of sulfonamides is 1. The normalized spacial score (nSPS) is 15.9. The Morgan fingerprint density at radius 2 is 1.73 bits per heavy atom. The molecule has 0 bridgehead atoms. The van der Waals surface area contributed by atoms with Crippen LogP contribution < -0.4 is 9.62 Å². The molecule has 1 aliphatic rings. The lowest BCUT2D eigenvalue weighted by Gasteiger charge is -2.21. The van der Waals surface area contributed by atoms with E-state index in [0.717, 1.165) is 21.8 Å². The Morgan fingerprint density at radius 3 is 2.43 bits per heavy atom. The van der Waals surface area contributed by atoms with E-state index in [1.54, 1.807) is 37.3 Å². The quantitative estimate of drug-likeness (QED) is 0.668. The first kappa shape index (κ1) is 20.2. The van der Waals surface area contributed by atoms with Gasteiger partial charge >= 0.3 is 6.18 Å². The van der Waals surface area contributed by atoms with Crippen LogP contribution in [0.15, 0.2) is 65.6 Å². The van der Waals surface area contributed by atoms with Crippen molar-refractivity contribution in [2.24, 2.45) is 0 Å². The minimum atomic E-state index is -4.49. The van der Waals surface area contributed by atoms with Gasteiger partial charge in [-0.2, -0.15) is 13.2 Å². The average molecular weight is 434 g/mol. The van der Waals surface area contributed by atoms with E-state index in [2.05, 4.69) is 5.32 Å². The van der Waals surface area contributed by atoms with Gasteiger partial charge < -0.3 is 5.32 Å². The molecule has 0 aliphatic carbocycles.